The van der Waals surface area contributed by atoms with Gasteiger partial charge in [0.2, 0.25) is 0 Å². The fourth-order valence-electron chi connectivity index (χ4n) is 3.81. The normalized spacial score (nSPS) is 12.1. The molecule has 4 aromatic rings. The molecule has 2 heterocycles. The first-order valence-corrected chi connectivity index (χ1v) is 9.21. The Morgan fingerprint density at radius 1 is 1.18 bits per heavy atom. The third kappa shape index (κ3) is 2.76. The Morgan fingerprint density at radius 2 is 1.96 bits per heavy atom. The van der Waals surface area contributed by atoms with Gasteiger partial charge in [0.15, 0.2) is 0 Å². The van der Waals surface area contributed by atoms with Gasteiger partial charge in [0, 0.05) is 36.0 Å². The molecule has 0 aliphatic rings. The highest BCUT2D eigenvalue weighted by Crippen LogP contribution is 2.30. The van der Waals surface area contributed by atoms with Crippen molar-refractivity contribution in [1.29, 1.82) is 0 Å². The fourth-order valence-corrected chi connectivity index (χ4v) is 3.81. The van der Waals surface area contributed by atoms with Crippen LogP contribution in [0.5, 0.6) is 0 Å². The Morgan fingerprint density at radius 3 is 2.68 bits per heavy atom. The summed E-state index contributed by atoms with van der Waals surface area (Å²) in [5, 5.41) is 13.7. The minimum atomic E-state index is 0.758. The van der Waals surface area contributed by atoms with E-state index in [1.54, 1.807) is 0 Å². The van der Waals surface area contributed by atoms with Crippen LogP contribution in [0.15, 0.2) is 47.2 Å². The van der Waals surface area contributed by atoms with Crippen LogP contribution in [0.25, 0.3) is 27.4 Å². The third-order valence-corrected chi connectivity index (χ3v) is 5.22. The van der Waals surface area contributed by atoms with E-state index in [0.29, 0.717) is 0 Å². The molecule has 2 aromatic carbocycles. The number of rotatable bonds is 3. The van der Waals surface area contributed by atoms with Crippen molar-refractivity contribution < 1.29 is 0 Å². The molecular formula is C22H22BN5. The summed E-state index contributed by atoms with van der Waals surface area (Å²) in [6, 6.07) is 8.34. The fraction of sp³-hybridized carbons (Fsp3) is 0.227. The maximum atomic E-state index is 6.57. The zero-order chi connectivity index (χ0) is 20.0. The molecule has 0 aliphatic heterocycles. The van der Waals surface area contributed by atoms with Crippen molar-refractivity contribution in [3.05, 3.63) is 58.9 Å². The van der Waals surface area contributed by atoms with Gasteiger partial charge in [-0.05, 0) is 44.5 Å². The Bertz CT molecular complexity index is 1270. The van der Waals surface area contributed by atoms with Gasteiger partial charge in [0.1, 0.15) is 7.85 Å². The first kappa shape index (κ1) is 18.2. The lowest BCUT2D eigenvalue weighted by atomic mass is 9.78. The highest BCUT2D eigenvalue weighted by Gasteiger charge is 2.20. The number of H-pyrrole nitrogens is 1. The van der Waals surface area contributed by atoms with Crippen molar-refractivity contribution in [2.45, 2.75) is 20.8 Å². The summed E-state index contributed by atoms with van der Waals surface area (Å²) < 4.78 is 1.87. The topological polar surface area (TPSA) is 58.9 Å². The number of aliphatic imine (C=N–C) groups is 1. The van der Waals surface area contributed by atoms with Gasteiger partial charge in [0.25, 0.3) is 0 Å². The molecule has 4 rings (SSSR count). The van der Waals surface area contributed by atoms with Gasteiger partial charge >= 0.3 is 0 Å². The molecular weight excluding hydrogens is 345 g/mol. The molecule has 0 saturated heterocycles. The number of nitrogens with zero attached hydrogens (tertiary/aromatic N) is 4. The Kier molecular flexibility index (Phi) is 4.42. The molecule has 0 fully saturated rings. The summed E-state index contributed by atoms with van der Waals surface area (Å²) in [4.78, 5) is 4.68. The number of allylic oxidation sites excluding steroid dienone is 2. The molecule has 0 saturated carbocycles. The van der Waals surface area contributed by atoms with E-state index < -0.39 is 0 Å². The number of aryl methyl sites for hydroxylation is 2. The number of fused-ring (bicyclic) bond motifs is 2. The molecule has 138 valence electrons. The minimum Gasteiger partial charge on any atom is -0.287 e. The second kappa shape index (κ2) is 6.78. The van der Waals surface area contributed by atoms with Crippen LogP contribution in [0.1, 0.15) is 30.5 Å². The highest BCUT2D eigenvalue weighted by molar-refractivity contribution is 6.43. The Hall–Kier alpha value is -3.15. The summed E-state index contributed by atoms with van der Waals surface area (Å²) in [6.45, 7) is 6.21. The smallest absolute Gasteiger partial charge is 0.115 e. The Balaban J connectivity index is 1.99. The van der Waals surface area contributed by atoms with Crippen LogP contribution < -0.4 is 5.46 Å². The van der Waals surface area contributed by atoms with Gasteiger partial charge in [-0.15, -0.1) is 0 Å². The zero-order valence-electron chi connectivity index (χ0n) is 16.8. The van der Waals surface area contributed by atoms with Crippen LogP contribution in [0.2, 0.25) is 0 Å². The van der Waals surface area contributed by atoms with Crippen molar-refractivity contribution in [3.63, 3.8) is 0 Å². The van der Waals surface area contributed by atoms with Crippen molar-refractivity contribution in [3.8, 4) is 0 Å². The van der Waals surface area contributed by atoms with Crippen LogP contribution in [0, 0.1) is 6.92 Å². The molecule has 0 spiro atoms. The summed E-state index contributed by atoms with van der Waals surface area (Å²) in [5.74, 6) is 0. The monoisotopic (exact) mass is 367 g/mol. The number of aromatic nitrogens is 4. The van der Waals surface area contributed by atoms with E-state index in [2.05, 4.69) is 52.3 Å². The molecule has 5 nitrogen and oxygen atoms in total. The van der Waals surface area contributed by atoms with Crippen molar-refractivity contribution in [1.82, 2.24) is 20.0 Å². The van der Waals surface area contributed by atoms with Crippen LogP contribution in [-0.2, 0) is 7.05 Å². The van der Waals surface area contributed by atoms with E-state index in [1.165, 1.54) is 0 Å². The van der Waals surface area contributed by atoms with Crippen molar-refractivity contribution >= 4 is 46.4 Å². The van der Waals surface area contributed by atoms with Crippen molar-refractivity contribution in [2.24, 2.45) is 12.0 Å². The van der Waals surface area contributed by atoms with E-state index in [1.807, 2.05) is 44.2 Å². The summed E-state index contributed by atoms with van der Waals surface area (Å²) in [6.07, 6.45) is 3.71. The SMILES string of the molecule is [B]c1c(C)cc2[nH]ncc2c1C(C(=NC)c1ccc2c(cnn2C)c1)=C(C)C. The standard InChI is InChI=1S/C22H22BN5/c1-12(2)19(20-16-11-25-27-17(16)8-13(3)21(20)23)22(24-4)14-6-7-18-15(9-14)10-26-28(18)5/h6-11H,1-5H3,(H,25,27). The second-order valence-corrected chi connectivity index (χ2v) is 7.30. The van der Waals surface area contributed by atoms with Gasteiger partial charge in [-0.2, -0.15) is 10.2 Å². The van der Waals surface area contributed by atoms with Crippen LogP contribution in [0.4, 0.5) is 0 Å². The quantitative estimate of drug-likeness (QED) is 0.445. The predicted octanol–water partition coefficient (Wildman–Crippen LogP) is 3.46. The van der Waals surface area contributed by atoms with Gasteiger partial charge in [-0.25, -0.2) is 0 Å². The number of benzene rings is 2. The number of nitrogens with one attached hydrogen (secondary N) is 1. The minimum absolute atomic E-state index is 0.758. The average Bonchev–Trinajstić information content (AvgIpc) is 3.27. The van der Waals surface area contributed by atoms with Gasteiger partial charge in [-0.1, -0.05) is 22.7 Å². The highest BCUT2D eigenvalue weighted by atomic mass is 15.2. The average molecular weight is 367 g/mol. The van der Waals surface area contributed by atoms with Crippen molar-refractivity contribution in [2.75, 3.05) is 7.05 Å². The molecule has 2 radical (unpaired) electrons. The summed E-state index contributed by atoms with van der Waals surface area (Å²) >= 11 is 0. The first-order chi connectivity index (χ1) is 13.4. The maximum Gasteiger partial charge on any atom is 0.115 e. The van der Waals surface area contributed by atoms with E-state index in [4.69, 9.17) is 7.85 Å². The van der Waals surface area contributed by atoms with Crippen LogP contribution in [-0.4, -0.2) is 40.6 Å². The predicted molar refractivity (Wildman–Crippen MR) is 118 cm³/mol. The number of hydrogen-bond donors (Lipinski definition) is 1. The molecule has 1 N–H and O–H groups in total. The van der Waals surface area contributed by atoms with E-state index >= 15 is 0 Å². The molecule has 2 aromatic heterocycles. The van der Waals surface area contributed by atoms with E-state index in [0.717, 1.165) is 60.8 Å². The third-order valence-electron chi connectivity index (χ3n) is 5.22. The molecule has 0 atom stereocenters. The molecule has 28 heavy (non-hydrogen) atoms. The molecule has 0 unspecified atom stereocenters. The molecule has 0 amide bonds. The molecule has 6 heteroatoms. The van der Waals surface area contributed by atoms with E-state index in [-0.39, 0.29) is 0 Å². The first-order valence-electron chi connectivity index (χ1n) is 9.21. The van der Waals surface area contributed by atoms with Crippen LogP contribution >= 0.6 is 0 Å². The van der Waals surface area contributed by atoms with Gasteiger partial charge in [-0.3, -0.25) is 14.8 Å². The second-order valence-electron chi connectivity index (χ2n) is 7.30. The zero-order valence-corrected chi connectivity index (χ0v) is 16.8. The lowest BCUT2D eigenvalue weighted by Gasteiger charge is -2.19. The summed E-state index contributed by atoms with van der Waals surface area (Å²) in [7, 11) is 10.3. The summed E-state index contributed by atoms with van der Waals surface area (Å²) in [5.41, 5.74) is 8.95. The Labute approximate surface area is 165 Å². The largest absolute Gasteiger partial charge is 0.287 e. The number of hydrogen-bond acceptors (Lipinski definition) is 3. The maximum absolute atomic E-state index is 6.57. The van der Waals surface area contributed by atoms with E-state index in [9.17, 15) is 0 Å². The number of aromatic amines is 1. The molecule has 0 bridgehead atoms. The van der Waals surface area contributed by atoms with Crippen LogP contribution in [0.3, 0.4) is 0 Å². The van der Waals surface area contributed by atoms with Gasteiger partial charge < -0.3 is 0 Å². The lowest BCUT2D eigenvalue weighted by molar-refractivity contribution is 0.797. The molecule has 0 aliphatic carbocycles. The van der Waals surface area contributed by atoms with Gasteiger partial charge in [0.05, 0.1) is 29.1 Å². The lowest BCUT2D eigenvalue weighted by Crippen LogP contribution is -2.19.